The van der Waals surface area contributed by atoms with Gasteiger partial charge in [-0.25, -0.2) is 0 Å². The summed E-state index contributed by atoms with van der Waals surface area (Å²) in [6, 6.07) is 12.3. The number of ether oxygens (including phenoxy) is 2. The number of morpholine rings is 1. The van der Waals surface area contributed by atoms with E-state index >= 15 is 0 Å². The molecule has 1 amide bonds. The number of hydrogen-bond donors (Lipinski definition) is 1. The lowest BCUT2D eigenvalue weighted by molar-refractivity contribution is -0.117. The standard InChI is InChI=1S/C24H32N4O3/c1-5-20-16(2)24(26-22-7-6-8-23(25-22)30-4)19-15-18(27-11-13-31-14-12-27)9-10-21(19)28(20)17(3)29/h6-10,15-16,20,24H,5,11-14H2,1-4H3,(H,25,26)/t16-,20-,24+/m0/s1. The van der Waals surface area contributed by atoms with Crippen LogP contribution in [0.15, 0.2) is 36.4 Å². The molecule has 1 saturated heterocycles. The van der Waals surface area contributed by atoms with Gasteiger partial charge >= 0.3 is 0 Å². The fraction of sp³-hybridized carbons (Fsp3) is 0.500. The number of benzene rings is 1. The van der Waals surface area contributed by atoms with Gasteiger partial charge in [0.15, 0.2) is 0 Å². The Bertz CT molecular complexity index is 929. The van der Waals surface area contributed by atoms with Crippen LogP contribution in [-0.4, -0.2) is 50.3 Å². The lowest BCUT2D eigenvalue weighted by atomic mass is 9.80. The fourth-order valence-electron chi connectivity index (χ4n) is 4.88. The first-order chi connectivity index (χ1) is 15.0. The summed E-state index contributed by atoms with van der Waals surface area (Å²) < 4.78 is 10.8. The lowest BCUT2D eigenvalue weighted by Gasteiger charge is -2.45. The maximum Gasteiger partial charge on any atom is 0.224 e. The second-order valence-electron chi connectivity index (χ2n) is 8.25. The molecule has 0 spiro atoms. The Balaban J connectivity index is 1.77. The molecule has 31 heavy (non-hydrogen) atoms. The molecule has 166 valence electrons. The van der Waals surface area contributed by atoms with Gasteiger partial charge in [0.1, 0.15) is 5.82 Å². The van der Waals surface area contributed by atoms with Gasteiger partial charge in [0.25, 0.3) is 0 Å². The number of nitrogens with one attached hydrogen (secondary N) is 1. The van der Waals surface area contributed by atoms with E-state index in [1.807, 2.05) is 23.1 Å². The molecule has 7 heteroatoms. The van der Waals surface area contributed by atoms with Crippen LogP contribution < -0.4 is 19.9 Å². The number of carbonyl (C=O) groups is 1. The molecule has 3 atom stereocenters. The lowest BCUT2D eigenvalue weighted by Crippen LogP contribution is -2.49. The van der Waals surface area contributed by atoms with E-state index in [2.05, 4.69) is 47.2 Å². The molecular weight excluding hydrogens is 392 g/mol. The number of carbonyl (C=O) groups excluding carboxylic acids is 1. The van der Waals surface area contributed by atoms with Crippen LogP contribution in [0.2, 0.25) is 0 Å². The van der Waals surface area contributed by atoms with E-state index in [-0.39, 0.29) is 23.9 Å². The van der Waals surface area contributed by atoms with Gasteiger partial charge in [-0.05, 0) is 30.7 Å². The number of amides is 1. The summed E-state index contributed by atoms with van der Waals surface area (Å²) in [7, 11) is 1.62. The van der Waals surface area contributed by atoms with Crippen LogP contribution >= 0.6 is 0 Å². The van der Waals surface area contributed by atoms with Crippen molar-refractivity contribution in [1.82, 2.24) is 4.98 Å². The van der Waals surface area contributed by atoms with Crippen molar-refractivity contribution in [2.75, 3.05) is 48.5 Å². The summed E-state index contributed by atoms with van der Waals surface area (Å²) in [4.78, 5) is 21.5. The minimum Gasteiger partial charge on any atom is -0.481 e. The first-order valence-corrected chi connectivity index (χ1v) is 11.1. The number of aromatic nitrogens is 1. The molecule has 3 heterocycles. The van der Waals surface area contributed by atoms with Gasteiger partial charge in [-0.1, -0.05) is 19.9 Å². The highest BCUT2D eigenvalue weighted by Crippen LogP contribution is 2.45. The topological polar surface area (TPSA) is 66.9 Å². The molecule has 2 aromatic rings. The largest absolute Gasteiger partial charge is 0.481 e. The first kappa shape index (κ1) is 21.4. The van der Waals surface area contributed by atoms with Crippen LogP contribution in [0.1, 0.15) is 38.8 Å². The Morgan fingerprint density at radius 1 is 1.26 bits per heavy atom. The highest BCUT2D eigenvalue weighted by molar-refractivity contribution is 5.94. The Morgan fingerprint density at radius 3 is 2.71 bits per heavy atom. The first-order valence-electron chi connectivity index (χ1n) is 11.1. The SMILES string of the molecule is CC[C@H]1[C@H](C)[C@@H](Nc2cccc(OC)n2)c2cc(N3CCOCC3)ccc2N1C(C)=O. The predicted molar refractivity (Wildman–Crippen MR) is 123 cm³/mol. The maximum atomic E-state index is 12.7. The molecule has 0 saturated carbocycles. The summed E-state index contributed by atoms with van der Waals surface area (Å²) in [5, 5.41) is 3.64. The molecule has 0 bridgehead atoms. The van der Waals surface area contributed by atoms with Crippen LogP contribution in [0.25, 0.3) is 0 Å². The van der Waals surface area contributed by atoms with E-state index in [4.69, 9.17) is 9.47 Å². The van der Waals surface area contributed by atoms with E-state index in [9.17, 15) is 4.79 Å². The van der Waals surface area contributed by atoms with E-state index in [1.54, 1.807) is 14.0 Å². The number of pyridine rings is 1. The minimum atomic E-state index is 0.0242. The van der Waals surface area contributed by atoms with E-state index in [1.165, 1.54) is 0 Å². The number of anilines is 3. The molecule has 4 rings (SSSR count). The van der Waals surface area contributed by atoms with Gasteiger partial charge in [-0.2, -0.15) is 4.98 Å². The monoisotopic (exact) mass is 424 g/mol. The molecule has 0 aliphatic carbocycles. The summed E-state index contributed by atoms with van der Waals surface area (Å²) >= 11 is 0. The third-order valence-electron chi connectivity index (χ3n) is 6.44. The van der Waals surface area contributed by atoms with Crippen molar-refractivity contribution >= 4 is 23.1 Å². The molecule has 2 aliphatic rings. The number of nitrogens with zero attached hydrogens (tertiary/aromatic N) is 3. The van der Waals surface area contributed by atoms with Crippen LogP contribution in [0, 0.1) is 5.92 Å². The molecule has 1 aromatic carbocycles. The zero-order chi connectivity index (χ0) is 22.0. The van der Waals surface area contributed by atoms with Gasteiger partial charge in [-0.15, -0.1) is 0 Å². The molecule has 2 aliphatic heterocycles. The Morgan fingerprint density at radius 2 is 2.03 bits per heavy atom. The van der Waals surface area contributed by atoms with Crippen molar-refractivity contribution in [1.29, 1.82) is 0 Å². The Labute approximate surface area is 184 Å². The van der Waals surface area contributed by atoms with Crippen LogP contribution in [0.3, 0.4) is 0 Å². The average molecular weight is 425 g/mol. The van der Waals surface area contributed by atoms with Crippen molar-refractivity contribution in [3.63, 3.8) is 0 Å². The highest BCUT2D eigenvalue weighted by Gasteiger charge is 2.40. The van der Waals surface area contributed by atoms with Crippen molar-refractivity contribution in [2.24, 2.45) is 5.92 Å². The second kappa shape index (κ2) is 9.14. The molecule has 1 aromatic heterocycles. The molecular formula is C24H32N4O3. The Kier molecular flexibility index (Phi) is 6.32. The number of hydrogen-bond acceptors (Lipinski definition) is 6. The maximum absolute atomic E-state index is 12.7. The third kappa shape index (κ3) is 4.19. The summed E-state index contributed by atoms with van der Waals surface area (Å²) in [6.07, 6.45) is 0.884. The average Bonchev–Trinajstić information content (AvgIpc) is 2.80. The zero-order valence-corrected chi connectivity index (χ0v) is 18.8. The predicted octanol–water partition coefficient (Wildman–Crippen LogP) is 3.86. The van der Waals surface area contributed by atoms with Crippen LogP contribution in [0.5, 0.6) is 5.88 Å². The molecule has 7 nitrogen and oxygen atoms in total. The number of rotatable bonds is 5. The van der Waals surface area contributed by atoms with Gasteiger partial charge in [0.05, 0.1) is 26.4 Å². The van der Waals surface area contributed by atoms with E-state index in [0.717, 1.165) is 55.5 Å². The van der Waals surface area contributed by atoms with Crippen molar-refractivity contribution in [3.05, 3.63) is 42.0 Å². The smallest absolute Gasteiger partial charge is 0.224 e. The van der Waals surface area contributed by atoms with Crippen molar-refractivity contribution in [2.45, 2.75) is 39.3 Å². The van der Waals surface area contributed by atoms with Crippen molar-refractivity contribution in [3.8, 4) is 5.88 Å². The molecule has 1 N–H and O–H groups in total. The Hall–Kier alpha value is -2.80. The highest BCUT2D eigenvalue weighted by atomic mass is 16.5. The van der Waals surface area contributed by atoms with Gasteiger partial charge in [-0.3, -0.25) is 4.79 Å². The number of fused-ring (bicyclic) bond motifs is 1. The summed E-state index contributed by atoms with van der Waals surface area (Å²) in [5.41, 5.74) is 3.27. The van der Waals surface area contributed by atoms with Gasteiger partial charge < -0.3 is 24.6 Å². The zero-order valence-electron chi connectivity index (χ0n) is 18.8. The van der Waals surface area contributed by atoms with Crippen LogP contribution in [0.4, 0.5) is 17.2 Å². The molecule has 0 radical (unpaired) electrons. The summed E-state index contributed by atoms with van der Waals surface area (Å²) in [6.45, 7) is 9.24. The number of methoxy groups -OCH3 is 1. The normalized spacial score (nSPS) is 23.3. The third-order valence-corrected chi connectivity index (χ3v) is 6.44. The van der Waals surface area contributed by atoms with Crippen molar-refractivity contribution < 1.29 is 14.3 Å². The second-order valence-corrected chi connectivity index (χ2v) is 8.25. The van der Waals surface area contributed by atoms with Crippen LogP contribution in [-0.2, 0) is 9.53 Å². The molecule has 1 fully saturated rings. The van der Waals surface area contributed by atoms with E-state index < -0.39 is 0 Å². The fourth-order valence-corrected chi connectivity index (χ4v) is 4.88. The summed E-state index contributed by atoms with van der Waals surface area (Å²) in [5.74, 6) is 1.63. The van der Waals surface area contributed by atoms with Gasteiger partial charge in [0, 0.05) is 55.0 Å². The van der Waals surface area contributed by atoms with Gasteiger partial charge in [0.2, 0.25) is 11.8 Å². The quantitative estimate of drug-likeness (QED) is 0.786. The minimum absolute atomic E-state index is 0.0242. The molecule has 0 unspecified atom stereocenters. The van der Waals surface area contributed by atoms with E-state index in [0.29, 0.717) is 5.88 Å².